The standard InChI is InChI=1S/C26H29N5O/c1-17-18(2)31(19(3)21-11-7-5-8-12-21)26-23(17)25(28-16-15-27-20(4)32)29-24(30-26)22-13-9-6-10-14-22/h5-14,19H,15-16H2,1-4H3,(H,27,32)(H,28,29,30)/t19-/m1/s1. The predicted molar refractivity (Wildman–Crippen MR) is 130 cm³/mol. The minimum Gasteiger partial charge on any atom is -0.368 e. The summed E-state index contributed by atoms with van der Waals surface area (Å²) in [7, 11) is 0. The summed E-state index contributed by atoms with van der Waals surface area (Å²) in [6.07, 6.45) is 0. The van der Waals surface area contributed by atoms with Crippen LogP contribution < -0.4 is 10.6 Å². The van der Waals surface area contributed by atoms with E-state index in [1.165, 1.54) is 18.2 Å². The van der Waals surface area contributed by atoms with Gasteiger partial charge in [0.25, 0.3) is 0 Å². The fourth-order valence-corrected chi connectivity index (χ4v) is 4.11. The van der Waals surface area contributed by atoms with Crippen molar-refractivity contribution in [2.75, 3.05) is 18.4 Å². The zero-order chi connectivity index (χ0) is 22.7. The van der Waals surface area contributed by atoms with Crippen LogP contribution in [0.15, 0.2) is 60.7 Å². The van der Waals surface area contributed by atoms with Crippen molar-refractivity contribution in [2.45, 2.75) is 33.7 Å². The average molecular weight is 428 g/mol. The molecule has 0 saturated carbocycles. The van der Waals surface area contributed by atoms with Gasteiger partial charge in [0.2, 0.25) is 5.91 Å². The summed E-state index contributed by atoms with van der Waals surface area (Å²) in [4.78, 5) is 21.2. The third kappa shape index (κ3) is 4.21. The number of nitrogens with zero attached hydrogens (tertiary/aromatic N) is 3. The summed E-state index contributed by atoms with van der Waals surface area (Å²) in [5.41, 5.74) is 5.43. The zero-order valence-corrected chi connectivity index (χ0v) is 19.0. The van der Waals surface area contributed by atoms with Crippen LogP contribution in [0.3, 0.4) is 0 Å². The second-order valence-corrected chi connectivity index (χ2v) is 8.04. The molecule has 6 nitrogen and oxygen atoms in total. The normalized spacial score (nSPS) is 12.0. The lowest BCUT2D eigenvalue weighted by molar-refractivity contribution is -0.118. The Morgan fingerprint density at radius 1 is 0.969 bits per heavy atom. The van der Waals surface area contributed by atoms with Crippen molar-refractivity contribution in [3.8, 4) is 11.4 Å². The fourth-order valence-electron chi connectivity index (χ4n) is 4.11. The van der Waals surface area contributed by atoms with Crippen LogP contribution >= 0.6 is 0 Å². The van der Waals surface area contributed by atoms with Gasteiger partial charge in [-0.05, 0) is 31.9 Å². The SMILES string of the molecule is CC(=O)NCCNc1nc(-c2ccccc2)nc2c1c(C)c(C)n2[C@H](C)c1ccccc1. The molecule has 6 heteroatoms. The number of anilines is 1. The highest BCUT2D eigenvalue weighted by Gasteiger charge is 2.22. The molecule has 0 bridgehead atoms. The van der Waals surface area contributed by atoms with Gasteiger partial charge in [-0.3, -0.25) is 4.79 Å². The summed E-state index contributed by atoms with van der Waals surface area (Å²) >= 11 is 0. The Kier molecular flexibility index (Phi) is 6.21. The van der Waals surface area contributed by atoms with E-state index < -0.39 is 0 Å². The van der Waals surface area contributed by atoms with Gasteiger partial charge in [0.05, 0.1) is 11.4 Å². The van der Waals surface area contributed by atoms with Crippen LogP contribution in [-0.2, 0) is 4.79 Å². The van der Waals surface area contributed by atoms with Crippen LogP contribution in [0.25, 0.3) is 22.4 Å². The Morgan fingerprint density at radius 3 is 2.28 bits per heavy atom. The second-order valence-electron chi connectivity index (χ2n) is 8.04. The van der Waals surface area contributed by atoms with Crippen molar-refractivity contribution in [2.24, 2.45) is 0 Å². The van der Waals surface area contributed by atoms with Crippen molar-refractivity contribution in [1.82, 2.24) is 19.9 Å². The molecule has 1 atom stereocenters. The molecule has 0 unspecified atom stereocenters. The summed E-state index contributed by atoms with van der Waals surface area (Å²) < 4.78 is 2.30. The number of carbonyl (C=O) groups is 1. The Balaban J connectivity index is 1.87. The van der Waals surface area contributed by atoms with Crippen LogP contribution in [-0.4, -0.2) is 33.5 Å². The molecule has 164 valence electrons. The molecule has 2 aromatic carbocycles. The summed E-state index contributed by atoms with van der Waals surface area (Å²) in [6, 6.07) is 20.6. The molecule has 4 rings (SSSR count). The monoisotopic (exact) mass is 427 g/mol. The van der Waals surface area contributed by atoms with Gasteiger partial charge in [-0.1, -0.05) is 60.7 Å². The van der Waals surface area contributed by atoms with Gasteiger partial charge >= 0.3 is 0 Å². The number of fused-ring (bicyclic) bond motifs is 1. The molecule has 0 aliphatic heterocycles. The number of amides is 1. The van der Waals surface area contributed by atoms with E-state index in [0.29, 0.717) is 18.9 Å². The number of carbonyl (C=O) groups excluding carboxylic acids is 1. The van der Waals surface area contributed by atoms with Crippen molar-refractivity contribution >= 4 is 22.8 Å². The van der Waals surface area contributed by atoms with E-state index in [2.05, 4.69) is 60.2 Å². The largest absolute Gasteiger partial charge is 0.368 e. The molecule has 1 amide bonds. The van der Waals surface area contributed by atoms with Gasteiger partial charge < -0.3 is 15.2 Å². The van der Waals surface area contributed by atoms with Crippen molar-refractivity contribution in [1.29, 1.82) is 0 Å². The highest BCUT2D eigenvalue weighted by Crippen LogP contribution is 2.35. The second kappa shape index (κ2) is 9.22. The molecule has 32 heavy (non-hydrogen) atoms. The number of rotatable bonds is 7. The smallest absolute Gasteiger partial charge is 0.216 e. The highest BCUT2D eigenvalue weighted by atomic mass is 16.1. The molecule has 0 fully saturated rings. The quantitative estimate of drug-likeness (QED) is 0.413. The lowest BCUT2D eigenvalue weighted by Gasteiger charge is -2.18. The van der Waals surface area contributed by atoms with Gasteiger partial charge in [-0.25, -0.2) is 9.97 Å². The van der Waals surface area contributed by atoms with Crippen molar-refractivity contribution in [3.05, 3.63) is 77.5 Å². The molecule has 2 N–H and O–H groups in total. The van der Waals surface area contributed by atoms with Crippen LogP contribution in [0.1, 0.15) is 36.7 Å². The minimum atomic E-state index is -0.0422. The van der Waals surface area contributed by atoms with E-state index in [1.807, 2.05) is 36.4 Å². The zero-order valence-electron chi connectivity index (χ0n) is 19.0. The first-order valence-electron chi connectivity index (χ1n) is 10.9. The third-order valence-corrected chi connectivity index (χ3v) is 5.89. The van der Waals surface area contributed by atoms with Crippen molar-refractivity contribution < 1.29 is 4.79 Å². The van der Waals surface area contributed by atoms with Crippen LogP contribution in [0, 0.1) is 13.8 Å². The van der Waals surface area contributed by atoms with E-state index in [1.54, 1.807) is 0 Å². The fraction of sp³-hybridized carbons (Fsp3) is 0.269. The Hall–Kier alpha value is -3.67. The lowest BCUT2D eigenvalue weighted by Crippen LogP contribution is -2.26. The first-order chi connectivity index (χ1) is 15.5. The van der Waals surface area contributed by atoms with E-state index in [9.17, 15) is 4.79 Å². The predicted octanol–water partition coefficient (Wildman–Crippen LogP) is 4.87. The molecule has 0 saturated heterocycles. The molecule has 4 aromatic rings. The highest BCUT2D eigenvalue weighted by molar-refractivity contribution is 5.93. The molecule has 0 radical (unpaired) electrons. The van der Waals surface area contributed by atoms with Gasteiger partial charge in [0.1, 0.15) is 11.5 Å². The molecule has 2 heterocycles. The Morgan fingerprint density at radius 2 is 1.62 bits per heavy atom. The van der Waals surface area contributed by atoms with E-state index in [4.69, 9.17) is 9.97 Å². The number of benzene rings is 2. The summed E-state index contributed by atoms with van der Waals surface area (Å²) in [6.45, 7) is 9.10. The molecule has 0 aliphatic carbocycles. The topological polar surface area (TPSA) is 71.8 Å². The Labute approximate surface area is 188 Å². The van der Waals surface area contributed by atoms with Crippen LogP contribution in [0.2, 0.25) is 0 Å². The first kappa shape index (κ1) is 21.6. The number of hydrogen-bond donors (Lipinski definition) is 2. The van der Waals surface area contributed by atoms with Crippen LogP contribution in [0.5, 0.6) is 0 Å². The molecule has 0 spiro atoms. The Bertz CT molecular complexity index is 1230. The third-order valence-electron chi connectivity index (χ3n) is 5.89. The van der Waals surface area contributed by atoms with E-state index in [-0.39, 0.29) is 11.9 Å². The van der Waals surface area contributed by atoms with Gasteiger partial charge in [-0.2, -0.15) is 0 Å². The maximum absolute atomic E-state index is 11.3. The summed E-state index contributed by atoms with van der Waals surface area (Å²) in [5.74, 6) is 1.43. The van der Waals surface area contributed by atoms with E-state index in [0.717, 1.165) is 28.0 Å². The van der Waals surface area contributed by atoms with Crippen molar-refractivity contribution in [3.63, 3.8) is 0 Å². The number of nitrogens with one attached hydrogen (secondary N) is 2. The van der Waals surface area contributed by atoms with Crippen LogP contribution in [0.4, 0.5) is 5.82 Å². The maximum atomic E-state index is 11.3. The lowest BCUT2D eigenvalue weighted by atomic mass is 10.1. The van der Waals surface area contributed by atoms with Gasteiger partial charge in [0.15, 0.2) is 5.82 Å². The molecule has 0 aliphatic rings. The summed E-state index contributed by atoms with van der Waals surface area (Å²) in [5, 5.41) is 7.29. The molecule has 2 aromatic heterocycles. The van der Waals surface area contributed by atoms with Gasteiger partial charge in [-0.15, -0.1) is 0 Å². The average Bonchev–Trinajstić information content (AvgIpc) is 3.07. The molecular formula is C26H29N5O. The maximum Gasteiger partial charge on any atom is 0.216 e. The molecular weight excluding hydrogens is 398 g/mol. The number of hydrogen-bond acceptors (Lipinski definition) is 4. The van der Waals surface area contributed by atoms with Gasteiger partial charge in [0, 0.05) is 31.3 Å². The number of aryl methyl sites for hydroxylation is 1. The van der Waals surface area contributed by atoms with E-state index >= 15 is 0 Å². The number of aromatic nitrogens is 3. The minimum absolute atomic E-state index is 0.0422. The first-order valence-corrected chi connectivity index (χ1v) is 10.9.